The standard InChI is InChI=1S/C6H10F2N/c1-5-2-9(3-5)4-6(7)8/h6H,2-4H2,1H3. The van der Waals surface area contributed by atoms with E-state index < -0.39 is 6.43 Å². The molecule has 0 spiro atoms. The number of likely N-dealkylation sites (tertiary alicyclic amines) is 1. The van der Waals surface area contributed by atoms with Gasteiger partial charge in [-0.2, -0.15) is 0 Å². The number of nitrogens with zero attached hydrogens (tertiary/aromatic N) is 1. The summed E-state index contributed by atoms with van der Waals surface area (Å²) in [5, 5.41) is 0. The Kier molecular flexibility index (Phi) is 2.01. The minimum absolute atomic E-state index is 0.0582. The van der Waals surface area contributed by atoms with Crippen LogP contribution in [0.2, 0.25) is 0 Å². The predicted molar refractivity (Wildman–Crippen MR) is 31.4 cm³/mol. The highest BCUT2D eigenvalue weighted by Crippen LogP contribution is 2.16. The first-order chi connectivity index (χ1) is 4.18. The summed E-state index contributed by atoms with van der Waals surface area (Å²) < 4.78 is 23.2. The van der Waals surface area contributed by atoms with Crippen molar-refractivity contribution in [3.8, 4) is 0 Å². The van der Waals surface area contributed by atoms with Crippen LogP contribution in [0.3, 0.4) is 0 Å². The van der Waals surface area contributed by atoms with Gasteiger partial charge in [0.2, 0.25) is 0 Å². The van der Waals surface area contributed by atoms with Crippen LogP contribution in [0.1, 0.15) is 6.92 Å². The molecule has 0 bridgehead atoms. The second kappa shape index (κ2) is 2.60. The lowest BCUT2D eigenvalue weighted by atomic mass is 10.0. The molecule has 1 aliphatic heterocycles. The Labute approximate surface area is 53.6 Å². The van der Waals surface area contributed by atoms with Crippen LogP contribution in [0.5, 0.6) is 0 Å². The van der Waals surface area contributed by atoms with Crippen molar-refractivity contribution in [1.82, 2.24) is 4.90 Å². The van der Waals surface area contributed by atoms with Gasteiger partial charge in [0.1, 0.15) is 0 Å². The molecule has 0 atom stereocenters. The number of halogens is 2. The van der Waals surface area contributed by atoms with Crippen LogP contribution in [0.25, 0.3) is 0 Å². The third-order valence-electron chi connectivity index (χ3n) is 1.38. The zero-order valence-corrected chi connectivity index (χ0v) is 5.40. The summed E-state index contributed by atoms with van der Waals surface area (Å²) in [4.78, 5) is 1.74. The maximum Gasteiger partial charge on any atom is 0.251 e. The Morgan fingerprint density at radius 2 is 2.11 bits per heavy atom. The molecule has 1 fully saturated rings. The van der Waals surface area contributed by atoms with Gasteiger partial charge < -0.3 is 0 Å². The second-order valence-electron chi connectivity index (χ2n) is 2.52. The van der Waals surface area contributed by atoms with E-state index in [-0.39, 0.29) is 6.54 Å². The van der Waals surface area contributed by atoms with Crippen molar-refractivity contribution in [3.05, 3.63) is 5.92 Å². The van der Waals surface area contributed by atoms with E-state index in [1.165, 1.54) is 5.92 Å². The number of hydrogen-bond donors (Lipinski definition) is 0. The first kappa shape index (κ1) is 6.93. The normalized spacial score (nSPS) is 22.7. The molecule has 1 saturated heterocycles. The summed E-state index contributed by atoms with van der Waals surface area (Å²) in [6.45, 7) is 3.47. The van der Waals surface area contributed by atoms with E-state index in [4.69, 9.17) is 0 Å². The van der Waals surface area contributed by atoms with Gasteiger partial charge >= 0.3 is 0 Å². The van der Waals surface area contributed by atoms with E-state index in [2.05, 4.69) is 0 Å². The zero-order chi connectivity index (χ0) is 6.85. The molecule has 0 aromatic rings. The SMILES string of the molecule is C[C]1CN(CC(F)F)C1. The molecule has 1 rings (SSSR count). The summed E-state index contributed by atoms with van der Waals surface area (Å²) >= 11 is 0. The average molecular weight is 134 g/mol. The summed E-state index contributed by atoms with van der Waals surface area (Å²) in [6.07, 6.45) is -2.17. The van der Waals surface area contributed by atoms with Crippen molar-refractivity contribution in [2.24, 2.45) is 0 Å². The minimum atomic E-state index is -2.17. The van der Waals surface area contributed by atoms with Gasteiger partial charge in [0.05, 0.1) is 6.54 Å². The van der Waals surface area contributed by atoms with Crippen LogP contribution in [-0.2, 0) is 0 Å². The third kappa shape index (κ3) is 1.90. The van der Waals surface area contributed by atoms with Crippen molar-refractivity contribution in [2.75, 3.05) is 19.6 Å². The van der Waals surface area contributed by atoms with E-state index >= 15 is 0 Å². The molecular weight excluding hydrogens is 124 g/mol. The lowest BCUT2D eigenvalue weighted by Crippen LogP contribution is -2.45. The Morgan fingerprint density at radius 1 is 1.56 bits per heavy atom. The van der Waals surface area contributed by atoms with Crippen molar-refractivity contribution in [2.45, 2.75) is 13.3 Å². The van der Waals surface area contributed by atoms with E-state index in [0.29, 0.717) is 0 Å². The van der Waals surface area contributed by atoms with E-state index in [0.717, 1.165) is 13.1 Å². The molecule has 1 aliphatic rings. The minimum Gasteiger partial charge on any atom is -0.297 e. The van der Waals surface area contributed by atoms with Crippen molar-refractivity contribution in [3.63, 3.8) is 0 Å². The van der Waals surface area contributed by atoms with Crippen LogP contribution in [0.4, 0.5) is 8.78 Å². The molecule has 0 N–H and O–H groups in total. The van der Waals surface area contributed by atoms with Gasteiger partial charge in [-0.15, -0.1) is 0 Å². The Hall–Kier alpha value is -0.180. The topological polar surface area (TPSA) is 3.24 Å². The fourth-order valence-electron chi connectivity index (χ4n) is 1.04. The first-order valence-corrected chi connectivity index (χ1v) is 3.00. The molecule has 1 radical (unpaired) electrons. The molecule has 0 saturated carbocycles. The van der Waals surface area contributed by atoms with E-state index in [1.54, 1.807) is 4.90 Å². The van der Waals surface area contributed by atoms with Crippen LogP contribution in [0.15, 0.2) is 0 Å². The fourth-order valence-corrected chi connectivity index (χ4v) is 1.04. The first-order valence-electron chi connectivity index (χ1n) is 3.00. The second-order valence-corrected chi connectivity index (χ2v) is 2.52. The summed E-state index contributed by atoms with van der Waals surface area (Å²) in [6, 6.07) is 0. The van der Waals surface area contributed by atoms with E-state index in [1.807, 2.05) is 6.92 Å². The molecule has 0 amide bonds. The molecule has 9 heavy (non-hydrogen) atoms. The predicted octanol–water partition coefficient (Wildman–Crippen LogP) is 1.16. The third-order valence-corrected chi connectivity index (χ3v) is 1.38. The van der Waals surface area contributed by atoms with Crippen LogP contribution in [-0.4, -0.2) is 31.0 Å². The molecule has 53 valence electrons. The lowest BCUT2D eigenvalue weighted by molar-refractivity contribution is 0.0696. The van der Waals surface area contributed by atoms with E-state index in [9.17, 15) is 8.78 Å². The number of hydrogen-bond acceptors (Lipinski definition) is 1. The quantitative estimate of drug-likeness (QED) is 0.547. The highest BCUT2D eigenvalue weighted by Gasteiger charge is 2.24. The van der Waals surface area contributed by atoms with Gasteiger partial charge in [-0.05, 0) is 0 Å². The number of alkyl halides is 2. The van der Waals surface area contributed by atoms with Crippen LogP contribution >= 0.6 is 0 Å². The maximum absolute atomic E-state index is 11.6. The van der Waals surface area contributed by atoms with Crippen molar-refractivity contribution in [1.29, 1.82) is 0 Å². The summed E-state index contributed by atoms with van der Waals surface area (Å²) in [5.74, 6) is 1.30. The molecule has 0 aromatic heterocycles. The monoisotopic (exact) mass is 134 g/mol. The van der Waals surface area contributed by atoms with Gasteiger partial charge in [0.25, 0.3) is 6.43 Å². The Balaban J connectivity index is 2.04. The smallest absolute Gasteiger partial charge is 0.251 e. The largest absolute Gasteiger partial charge is 0.297 e. The fraction of sp³-hybridized carbons (Fsp3) is 0.833. The summed E-state index contributed by atoms with van der Waals surface area (Å²) in [5.41, 5.74) is 0. The van der Waals surface area contributed by atoms with Gasteiger partial charge in [-0.25, -0.2) is 8.78 Å². The molecule has 0 aliphatic carbocycles. The van der Waals surface area contributed by atoms with Gasteiger partial charge in [0.15, 0.2) is 0 Å². The molecule has 0 aromatic carbocycles. The van der Waals surface area contributed by atoms with Gasteiger partial charge in [-0.3, -0.25) is 4.90 Å². The summed E-state index contributed by atoms with van der Waals surface area (Å²) in [7, 11) is 0. The molecule has 1 heterocycles. The van der Waals surface area contributed by atoms with Crippen molar-refractivity contribution >= 4 is 0 Å². The molecule has 0 unspecified atom stereocenters. The highest BCUT2D eigenvalue weighted by atomic mass is 19.3. The maximum atomic E-state index is 11.6. The highest BCUT2D eigenvalue weighted by molar-refractivity contribution is 5.01. The molecular formula is C6H10F2N. The Morgan fingerprint density at radius 3 is 2.44 bits per heavy atom. The number of rotatable bonds is 2. The zero-order valence-electron chi connectivity index (χ0n) is 5.40. The average Bonchev–Trinajstić information content (AvgIpc) is 1.60. The van der Waals surface area contributed by atoms with Crippen LogP contribution in [0, 0.1) is 5.92 Å². The van der Waals surface area contributed by atoms with Gasteiger partial charge in [0, 0.05) is 19.0 Å². The van der Waals surface area contributed by atoms with Crippen LogP contribution < -0.4 is 0 Å². The Bertz CT molecular complexity index is 89.1. The van der Waals surface area contributed by atoms with Gasteiger partial charge in [-0.1, -0.05) is 6.92 Å². The molecule has 1 nitrogen and oxygen atoms in total. The van der Waals surface area contributed by atoms with Crippen molar-refractivity contribution < 1.29 is 8.78 Å². The lowest BCUT2D eigenvalue weighted by Gasteiger charge is -2.36. The molecule has 3 heteroatoms.